The maximum Gasteiger partial charge on any atom is 0.276 e. The zero-order valence-corrected chi connectivity index (χ0v) is 22.6. The Labute approximate surface area is 220 Å². The Balaban J connectivity index is 1.49. The van der Waals surface area contributed by atoms with Crippen LogP contribution in [0.4, 0.5) is 0 Å². The van der Waals surface area contributed by atoms with Gasteiger partial charge >= 0.3 is 0 Å². The van der Waals surface area contributed by atoms with Crippen molar-refractivity contribution < 1.29 is 9.53 Å². The summed E-state index contributed by atoms with van der Waals surface area (Å²) in [5.74, 6) is 0.813. The van der Waals surface area contributed by atoms with Gasteiger partial charge in [0.1, 0.15) is 18.1 Å². The van der Waals surface area contributed by atoms with E-state index >= 15 is 0 Å². The molecule has 1 amide bonds. The van der Waals surface area contributed by atoms with Crippen LogP contribution < -0.4 is 10.1 Å². The third kappa shape index (κ3) is 5.54. The topological polar surface area (TPSA) is 41.6 Å². The molecule has 1 aliphatic heterocycles. The van der Waals surface area contributed by atoms with E-state index in [4.69, 9.17) is 28.6 Å². The summed E-state index contributed by atoms with van der Waals surface area (Å²) in [5.41, 5.74) is 2.54. The van der Waals surface area contributed by atoms with Gasteiger partial charge in [0, 0.05) is 11.1 Å². The minimum Gasteiger partial charge on any atom is -0.487 e. The first-order chi connectivity index (χ1) is 14.9. The summed E-state index contributed by atoms with van der Waals surface area (Å²) in [5, 5.41) is 4.36. The smallest absolute Gasteiger partial charge is 0.276 e. The number of hydrogen-bond donors (Lipinski definition) is 1. The average molecular weight is 679 g/mol. The van der Waals surface area contributed by atoms with Crippen LogP contribution in [0.2, 0.25) is 5.02 Å². The molecule has 1 heterocycles. The monoisotopic (exact) mass is 678 g/mol. The molecule has 2 fully saturated rings. The van der Waals surface area contributed by atoms with Gasteiger partial charge in [0.2, 0.25) is 0 Å². The molecule has 4 rings (SSSR count). The minimum absolute atomic E-state index is 0.0232. The van der Waals surface area contributed by atoms with E-state index < -0.39 is 0 Å². The number of carbonyl (C=O) groups excluding carboxylic acids is 1. The Morgan fingerprint density at radius 1 is 1.13 bits per heavy atom. The summed E-state index contributed by atoms with van der Waals surface area (Å²) >= 11 is 16.0. The van der Waals surface area contributed by atoms with Gasteiger partial charge in [-0.15, -0.1) is 0 Å². The molecule has 1 saturated carbocycles. The Morgan fingerprint density at radius 2 is 1.77 bits per heavy atom. The highest BCUT2D eigenvalue weighted by Gasteiger charge is 2.36. The van der Waals surface area contributed by atoms with Crippen LogP contribution in [0, 0.1) is 7.14 Å². The molecule has 0 spiro atoms. The van der Waals surface area contributed by atoms with Crippen molar-refractivity contribution in [1.29, 1.82) is 0 Å². The molecule has 0 unspecified atom stereocenters. The van der Waals surface area contributed by atoms with Crippen molar-refractivity contribution in [2.24, 2.45) is 0 Å². The number of halogens is 3. The molecule has 1 N–H and O–H groups in total. The van der Waals surface area contributed by atoms with Crippen molar-refractivity contribution in [3.05, 3.63) is 65.4 Å². The van der Waals surface area contributed by atoms with Gasteiger partial charge in [-0.1, -0.05) is 43.0 Å². The number of nitrogens with one attached hydrogen (secondary N) is 1. The summed E-state index contributed by atoms with van der Waals surface area (Å²) < 4.78 is 8.04. The molecule has 0 radical (unpaired) electrons. The summed E-state index contributed by atoms with van der Waals surface area (Å²) in [6, 6.07) is 11.9. The van der Waals surface area contributed by atoms with Gasteiger partial charge in [-0.3, -0.25) is 9.69 Å². The SMILES string of the molecule is O=C1/C(=C/c2cc(I)c(OCc3ccc(Cl)cc3)c(I)c2)NC(=S)N1C1CCCCC1. The van der Waals surface area contributed by atoms with Crippen molar-refractivity contribution in [1.82, 2.24) is 10.2 Å². The standard InChI is InChI=1S/C23H21ClI2N2O2S/c24-16-8-6-14(7-9-16)13-30-21-18(25)10-15(11-19(21)26)12-20-22(29)28(23(31)27-20)17-4-2-1-3-5-17/h6-12,17H,1-5,13H2,(H,27,31)/b20-12-. The molecule has 0 bridgehead atoms. The summed E-state index contributed by atoms with van der Waals surface area (Å²) in [6.07, 6.45) is 7.48. The molecule has 1 saturated heterocycles. The molecule has 1 aliphatic carbocycles. The van der Waals surface area contributed by atoms with E-state index in [9.17, 15) is 4.79 Å². The largest absolute Gasteiger partial charge is 0.487 e. The minimum atomic E-state index is -0.0232. The molecule has 4 nitrogen and oxygen atoms in total. The number of hydrogen-bond acceptors (Lipinski definition) is 3. The van der Waals surface area contributed by atoms with Gasteiger partial charge in [-0.25, -0.2) is 0 Å². The molecule has 0 aromatic heterocycles. The number of carbonyl (C=O) groups is 1. The fraction of sp³-hybridized carbons (Fsp3) is 0.304. The van der Waals surface area contributed by atoms with E-state index in [2.05, 4.69) is 50.5 Å². The second-order valence-corrected chi connectivity index (χ2v) is 10.8. The van der Waals surface area contributed by atoms with Crippen LogP contribution in [-0.2, 0) is 11.4 Å². The van der Waals surface area contributed by atoms with Gasteiger partial charge in [-0.05, 0) is 112 Å². The lowest BCUT2D eigenvalue weighted by Gasteiger charge is -2.29. The lowest BCUT2D eigenvalue weighted by molar-refractivity contribution is -0.124. The first kappa shape index (κ1) is 23.3. The maximum atomic E-state index is 13.0. The first-order valence-electron chi connectivity index (χ1n) is 10.1. The molecule has 2 aromatic carbocycles. The quantitative estimate of drug-likeness (QED) is 0.222. The second kappa shape index (κ2) is 10.4. The van der Waals surface area contributed by atoms with Crippen molar-refractivity contribution in [2.75, 3.05) is 0 Å². The Kier molecular flexibility index (Phi) is 7.77. The van der Waals surface area contributed by atoms with Crippen LogP contribution in [0.3, 0.4) is 0 Å². The van der Waals surface area contributed by atoms with E-state index in [1.54, 1.807) is 4.90 Å². The van der Waals surface area contributed by atoms with Crippen LogP contribution in [0.15, 0.2) is 42.1 Å². The van der Waals surface area contributed by atoms with E-state index in [1.807, 2.05) is 42.5 Å². The second-order valence-electron chi connectivity index (χ2n) is 7.68. The lowest BCUT2D eigenvalue weighted by atomic mass is 9.94. The van der Waals surface area contributed by atoms with Crippen molar-refractivity contribution in [3.63, 3.8) is 0 Å². The molecular formula is C23H21ClI2N2O2S. The van der Waals surface area contributed by atoms with Gasteiger partial charge in [0.25, 0.3) is 5.91 Å². The van der Waals surface area contributed by atoms with Crippen LogP contribution in [0.1, 0.15) is 43.2 Å². The number of ether oxygens (including phenoxy) is 1. The Bertz CT molecular complexity index is 1010. The highest BCUT2D eigenvalue weighted by molar-refractivity contribution is 14.1. The first-order valence-corrected chi connectivity index (χ1v) is 13.1. The molecule has 2 aliphatic rings. The molecule has 2 aromatic rings. The molecular weight excluding hydrogens is 658 g/mol. The highest BCUT2D eigenvalue weighted by atomic mass is 127. The highest BCUT2D eigenvalue weighted by Crippen LogP contribution is 2.32. The van der Waals surface area contributed by atoms with Crippen molar-refractivity contribution in [3.8, 4) is 5.75 Å². The predicted octanol–water partition coefficient (Wildman–Crippen LogP) is 6.52. The van der Waals surface area contributed by atoms with Gasteiger partial charge in [-0.2, -0.15) is 0 Å². The van der Waals surface area contributed by atoms with Crippen molar-refractivity contribution >= 4 is 86.1 Å². The molecule has 8 heteroatoms. The normalized spacial score (nSPS) is 18.5. The lowest BCUT2D eigenvalue weighted by Crippen LogP contribution is -2.41. The Morgan fingerprint density at radius 3 is 2.42 bits per heavy atom. The molecule has 0 atom stereocenters. The van der Waals surface area contributed by atoms with Crippen LogP contribution >= 0.6 is 69.0 Å². The summed E-state index contributed by atoms with van der Waals surface area (Å²) in [7, 11) is 0. The van der Waals surface area contributed by atoms with Gasteiger partial charge in [0.15, 0.2) is 5.11 Å². The van der Waals surface area contributed by atoms with Crippen LogP contribution in [0.25, 0.3) is 6.08 Å². The average Bonchev–Trinajstić information content (AvgIpc) is 3.02. The predicted molar refractivity (Wildman–Crippen MR) is 145 cm³/mol. The Hall–Kier alpha value is -0.910. The van der Waals surface area contributed by atoms with Crippen LogP contribution in [0.5, 0.6) is 5.75 Å². The third-order valence-corrected chi connectivity index (χ3v) is 7.63. The van der Waals surface area contributed by atoms with Crippen molar-refractivity contribution in [2.45, 2.75) is 44.8 Å². The zero-order valence-electron chi connectivity index (χ0n) is 16.7. The van der Waals surface area contributed by atoms with E-state index in [-0.39, 0.29) is 11.9 Å². The van der Waals surface area contributed by atoms with E-state index in [0.29, 0.717) is 22.4 Å². The summed E-state index contributed by atoms with van der Waals surface area (Å²) in [6.45, 7) is 0.467. The number of rotatable bonds is 5. The molecule has 162 valence electrons. The van der Waals surface area contributed by atoms with E-state index in [0.717, 1.165) is 49.7 Å². The third-order valence-electron chi connectivity index (χ3n) is 5.48. The fourth-order valence-corrected chi connectivity index (χ4v) is 6.52. The number of nitrogens with zero attached hydrogens (tertiary/aromatic N) is 1. The van der Waals surface area contributed by atoms with Gasteiger partial charge < -0.3 is 10.1 Å². The number of amides is 1. The number of benzene rings is 2. The van der Waals surface area contributed by atoms with E-state index in [1.165, 1.54) is 6.42 Å². The fourth-order valence-electron chi connectivity index (χ4n) is 3.92. The summed E-state index contributed by atoms with van der Waals surface area (Å²) in [4.78, 5) is 14.8. The zero-order chi connectivity index (χ0) is 22.0. The van der Waals surface area contributed by atoms with Crippen LogP contribution in [-0.4, -0.2) is 22.0 Å². The number of thiocarbonyl (C=S) groups is 1. The van der Waals surface area contributed by atoms with Gasteiger partial charge in [0.05, 0.1) is 7.14 Å². The molecule has 31 heavy (non-hydrogen) atoms. The maximum absolute atomic E-state index is 13.0.